The Morgan fingerprint density at radius 2 is 0.786 bits per heavy atom. The fourth-order valence-corrected chi connectivity index (χ4v) is 8.12. The van der Waals surface area contributed by atoms with Crippen LogP contribution in [0.3, 0.4) is 0 Å². The van der Waals surface area contributed by atoms with Gasteiger partial charge in [-0.2, -0.15) is 0 Å². The minimum Gasteiger partial charge on any atom is -0.465 e. The SMILES string of the molecule is CCCCCCC(CCCC)COC(=O)CCCCCCCCC(CCCCCCCCC(=O)OCC(CCCC)CCCCCC)NCCCN(CC)CC. The standard InChI is InChI=1S/C50H100N2O4/c1-7-13-17-27-36-46(34-15-9-3)44-55-49(53)40-31-25-21-19-23-29-38-48(51-42-33-43-52(11-5)12-6)39-30-24-20-22-26-32-41-50(54)56-45-47(35-16-10-4)37-28-18-14-8-2/h46-48,51H,7-45H2,1-6H3. The van der Waals surface area contributed by atoms with Crippen LogP contribution in [0.25, 0.3) is 0 Å². The number of ether oxygens (including phenoxy) is 2. The topological polar surface area (TPSA) is 67.9 Å². The molecule has 0 fully saturated rings. The van der Waals surface area contributed by atoms with Crippen molar-refractivity contribution in [2.75, 3.05) is 39.4 Å². The fraction of sp³-hybridized carbons (Fsp3) is 0.960. The highest BCUT2D eigenvalue weighted by Gasteiger charge is 2.14. The molecule has 6 nitrogen and oxygen atoms in total. The maximum Gasteiger partial charge on any atom is 0.305 e. The van der Waals surface area contributed by atoms with Crippen LogP contribution in [0.2, 0.25) is 0 Å². The van der Waals surface area contributed by atoms with Crippen LogP contribution in [0.5, 0.6) is 0 Å². The van der Waals surface area contributed by atoms with E-state index < -0.39 is 0 Å². The van der Waals surface area contributed by atoms with Gasteiger partial charge >= 0.3 is 11.9 Å². The minimum atomic E-state index is 0.0181. The zero-order valence-electron chi connectivity index (χ0n) is 38.9. The lowest BCUT2D eigenvalue weighted by atomic mass is 9.96. The van der Waals surface area contributed by atoms with Crippen molar-refractivity contribution in [3.63, 3.8) is 0 Å². The predicted octanol–water partition coefficient (Wildman–Crippen LogP) is 14.6. The number of esters is 2. The molecule has 0 rings (SSSR count). The molecule has 0 saturated carbocycles. The first-order valence-corrected chi connectivity index (χ1v) is 25.2. The maximum atomic E-state index is 12.4. The summed E-state index contributed by atoms with van der Waals surface area (Å²) in [5.41, 5.74) is 0. The van der Waals surface area contributed by atoms with E-state index in [9.17, 15) is 9.59 Å². The van der Waals surface area contributed by atoms with Gasteiger partial charge in [0.2, 0.25) is 0 Å². The van der Waals surface area contributed by atoms with Crippen LogP contribution in [0.15, 0.2) is 0 Å². The maximum absolute atomic E-state index is 12.4. The summed E-state index contributed by atoms with van der Waals surface area (Å²) in [6.45, 7) is 19.4. The molecule has 1 N–H and O–H groups in total. The third kappa shape index (κ3) is 37.2. The number of nitrogens with one attached hydrogen (secondary N) is 1. The normalized spacial score (nSPS) is 13.3. The van der Waals surface area contributed by atoms with Crippen LogP contribution in [-0.2, 0) is 19.1 Å². The number of hydrogen-bond donors (Lipinski definition) is 1. The van der Waals surface area contributed by atoms with Crippen molar-refractivity contribution in [2.45, 2.75) is 259 Å². The Kier molecular flexibility index (Phi) is 42.6. The van der Waals surface area contributed by atoms with Gasteiger partial charge in [0.05, 0.1) is 13.2 Å². The van der Waals surface area contributed by atoms with Crippen LogP contribution in [0.4, 0.5) is 0 Å². The molecule has 0 bridgehead atoms. The number of carbonyl (C=O) groups is 2. The van der Waals surface area contributed by atoms with E-state index in [-0.39, 0.29) is 11.9 Å². The summed E-state index contributed by atoms with van der Waals surface area (Å²) < 4.78 is 11.5. The molecule has 0 aliphatic carbocycles. The summed E-state index contributed by atoms with van der Waals surface area (Å²) in [6.07, 6.45) is 39.4. The van der Waals surface area contributed by atoms with Gasteiger partial charge in [-0.25, -0.2) is 0 Å². The highest BCUT2D eigenvalue weighted by Crippen LogP contribution is 2.21. The third-order valence-electron chi connectivity index (χ3n) is 12.2. The van der Waals surface area contributed by atoms with Gasteiger partial charge in [-0.1, -0.05) is 183 Å². The Morgan fingerprint density at radius 1 is 0.429 bits per heavy atom. The van der Waals surface area contributed by atoms with Crippen LogP contribution >= 0.6 is 0 Å². The molecule has 0 amide bonds. The van der Waals surface area contributed by atoms with Gasteiger partial charge in [-0.3, -0.25) is 9.59 Å². The van der Waals surface area contributed by atoms with Crippen LogP contribution in [-0.4, -0.2) is 62.3 Å². The second kappa shape index (κ2) is 43.4. The minimum absolute atomic E-state index is 0.0181. The van der Waals surface area contributed by atoms with Gasteiger partial charge in [-0.15, -0.1) is 0 Å². The van der Waals surface area contributed by atoms with Gasteiger partial charge in [0.25, 0.3) is 0 Å². The molecule has 2 atom stereocenters. The molecule has 0 aliphatic rings. The third-order valence-corrected chi connectivity index (χ3v) is 12.2. The second-order valence-electron chi connectivity index (χ2n) is 17.4. The van der Waals surface area contributed by atoms with Gasteiger partial charge in [-0.05, 0) is 95.8 Å². The lowest BCUT2D eigenvalue weighted by molar-refractivity contribution is -0.146. The van der Waals surface area contributed by atoms with E-state index in [2.05, 4.69) is 51.8 Å². The molecule has 0 aliphatic heterocycles. The smallest absolute Gasteiger partial charge is 0.305 e. The van der Waals surface area contributed by atoms with Crippen molar-refractivity contribution in [3.8, 4) is 0 Å². The Labute approximate surface area is 350 Å². The number of carbonyl (C=O) groups excluding carboxylic acids is 2. The summed E-state index contributed by atoms with van der Waals surface area (Å²) in [4.78, 5) is 27.4. The Morgan fingerprint density at radius 3 is 1.20 bits per heavy atom. The van der Waals surface area contributed by atoms with Crippen molar-refractivity contribution in [1.29, 1.82) is 0 Å². The number of unbranched alkanes of at least 4 members (excludes halogenated alkanes) is 18. The number of nitrogens with zero attached hydrogens (tertiary/aromatic N) is 1. The Balaban J connectivity index is 4.28. The average molecular weight is 793 g/mol. The van der Waals surface area contributed by atoms with E-state index in [4.69, 9.17) is 9.47 Å². The van der Waals surface area contributed by atoms with Crippen molar-refractivity contribution in [3.05, 3.63) is 0 Å². The summed E-state index contributed by atoms with van der Waals surface area (Å²) in [5.74, 6) is 1.13. The second-order valence-corrected chi connectivity index (χ2v) is 17.4. The molecule has 2 unspecified atom stereocenters. The van der Waals surface area contributed by atoms with E-state index >= 15 is 0 Å². The van der Waals surface area contributed by atoms with E-state index in [0.29, 0.717) is 43.9 Å². The quantitative estimate of drug-likeness (QED) is 0.0489. The Hall–Kier alpha value is -1.14. The molecule has 0 spiro atoms. The molecule has 0 heterocycles. The fourth-order valence-electron chi connectivity index (χ4n) is 8.12. The molecule has 0 aromatic heterocycles. The molecule has 0 saturated heterocycles. The molecule has 334 valence electrons. The van der Waals surface area contributed by atoms with Crippen molar-refractivity contribution in [2.24, 2.45) is 11.8 Å². The summed E-state index contributed by atoms with van der Waals surface area (Å²) >= 11 is 0. The van der Waals surface area contributed by atoms with Crippen LogP contribution < -0.4 is 5.32 Å². The molecular weight excluding hydrogens is 693 g/mol. The first-order valence-electron chi connectivity index (χ1n) is 25.2. The molecule has 0 aromatic rings. The number of hydrogen-bond acceptors (Lipinski definition) is 6. The van der Waals surface area contributed by atoms with Gasteiger partial charge in [0.1, 0.15) is 0 Å². The average Bonchev–Trinajstić information content (AvgIpc) is 3.21. The summed E-state index contributed by atoms with van der Waals surface area (Å²) in [5, 5.41) is 3.94. The van der Waals surface area contributed by atoms with Gasteiger partial charge in [0.15, 0.2) is 0 Å². The predicted molar refractivity (Wildman–Crippen MR) is 244 cm³/mol. The van der Waals surface area contributed by atoms with E-state index in [1.54, 1.807) is 0 Å². The van der Waals surface area contributed by atoms with E-state index in [0.717, 1.165) is 45.3 Å². The molecule has 0 radical (unpaired) electrons. The lowest BCUT2D eigenvalue weighted by Crippen LogP contribution is -2.33. The van der Waals surface area contributed by atoms with Crippen molar-refractivity contribution in [1.82, 2.24) is 10.2 Å². The largest absolute Gasteiger partial charge is 0.465 e. The molecule has 6 heteroatoms. The zero-order valence-corrected chi connectivity index (χ0v) is 38.9. The highest BCUT2D eigenvalue weighted by molar-refractivity contribution is 5.69. The molecular formula is C50H100N2O4. The summed E-state index contributed by atoms with van der Waals surface area (Å²) in [6, 6.07) is 0.622. The molecule has 56 heavy (non-hydrogen) atoms. The first kappa shape index (κ1) is 54.9. The van der Waals surface area contributed by atoms with E-state index in [1.807, 2.05) is 0 Å². The Bertz CT molecular complexity index is 763. The monoisotopic (exact) mass is 793 g/mol. The van der Waals surface area contributed by atoms with Gasteiger partial charge in [0, 0.05) is 18.9 Å². The van der Waals surface area contributed by atoms with Crippen LogP contribution in [0.1, 0.15) is 253 Å². The summed E-state index contributed by atoms with van der Waals surface area (Å²) in [7, 11) is 0. The highest BCUT2D eigenvalue weighted by atomic mass is 16.5. The van der Waals surface area contributed by atoms with Crippen molar-refractivity contribution >= 4 is 11.9 Å². The zero-order chi connectivity index (χ0) is 41.2. The van der Waals surface area contributed by atoms with Gasteiger partial charge < -0.3 is 19.7 Å². The first-order chi connectivity index (χ1) is 27.4. The molecule has 0 aromatic carbocycles. The van der Waals surface area contributed by atoms with Crippen LogP contribution in [0, 0.1) is 11.8 Å². The number of rotatable bonds is 45. The van der Waals surface area contributed by atoms with E-state index in [1.165, 1.54) is 180 Å². The lowest BCUT2D eigenvalue weighted by Gasteiger charge is -2.21. The van der Waals surface area contributed by atoms with Crippen molar-refractivity contribution < 1.29 is 19.1 Å².